The molecule has 0 bridgehead atoms. The van der Waals surface area contributed by atoms with Crippen molar-refractivity contribution in [3.05, 3.63) is 82.3 Å². The first-order chi connectivity index (χ1) is 11.7. The number of fused-ring (bicyclic) bond motifs is 3. The molecule has 1 N–H and O–H groups in total. The van der Waals surface area contributed by atoms with E-state index in [0.717, 1.165) is 16.8 Å². The summed E-state index contributed by atoms with van der Waals surface area (Å²) in [5.41, 5.74) is 3.49. The third-order valence-corrected chi connectivity index (χ3v) is 4.54. The number of nitro groups is 1. The number of nitrogens with zero attached hydrogens (tertiary/aromatic N) is 3. The second-order valence-electron chi connectivity index (χ2n) is 5.86. The van der Waals surface area contributed by atoms with Gasteiger partial charge in [0.05, 0.1) is 40.9 Å². The molecule has 0 aliphatic carbocycles. The highest BCUT2D eigenvalue weighted by Crippen LogP contribution is 2.43. The highest BCUT2D eigenvalue weighted by molar-refractivity contribution is 5.69. The van der Waals surface area contributed by atoms with Gasteiger partial charge in [0.25, 0.3) is 5.69 Å². The fraction of sp³-hybridized carbons (Fsp3) is 0.167. The molecule has 6 heteroatoms. The van der Waals surface area contributed by atoms with Gasteiger partial charge in [-0.1, -0.05) is 36.4 Å². The zero-order valence-corrected chi connectivity index (χ0v) is 12.7. The molecule has 24 heavy (non-hydrogen) atoms. The van der Waals surface area contributed by atoms with Gasteiger partial charge in [0.2, 0.25) is 0 Å². The van der Waals surface area contributed by atoms with Crippen molar-refractivity contribution in [1.29, 1.82) is 0 Å². The van der Waals surface area contributed by atoms with Crippen molar-refractivity contribution in [3.8, 4) is 11.3 Å². The number of rotatable bonds is 4. The number of aliphatic hydroxyl groups is 1. The number of hydrogen-bond donors (Lipinski definition) is 1. The smallest absolute Gasteiger partial charge is 0.275 e. The molecule has 4 rings (SSSR count). The van der Waals surface area contributed by atoms with E-state index in [-0.39, 0.29) is 11.7 Å². The van der Waals surface area contributed by atoms with Crippen LogP contribution in [-0.4, -0.2) is 19.6 Å². The minimum atomic E-state index is -0.932. The maximum Gasteiger partial charge on any atom is 0.275 e. The number of aromatic nitrogens is 2. The molecule has 0 spiro atoms. The summed E-state index contributed by atoms with van der Waals surface area (Å²) in [7, 11) is 0. The van der Waals surface area contributed by atoms with Gasteiger partial charge >= 0.3 is 0 Å². The molecule has 0 saturated carbocycles. The highest BCUT2D eigenvalue weighted by Gasteiger charge is 2.31. The van der Waals surface area contributed by atoms with E-state index in [1.807, 2.05) is 28.8 Å². The monoisotopic (exact) mass is 321 g/mol. The van der Waals surface area contributed by atoms with E-state index >= 15 is 0 Å². The first-order valence-electron chi connectivity index (χ1n) is 7.69. The van der Waals surface area contributed by atoms with Gasteiger partial charge in [-0.15, -0.1) is 0 Å². The summed E-state index contributed by atoms with van der Waals surface area (Å²) in [4.78, 5) is 14.9. The highest BCUT2D eigenvalue weighted by atomic mass is 16.6. The van der Waals surface area contributed by atoms with Gasteiger partial charge in [-0.3, -0.25) is 10.1 Å². The van der Waals surface area contributed by atoms with Crippen LogP contribution in [0.4, 0.5) is 5.69 Å². The summed E-state index contributed by atoms with van der Waals surface area (Å²) in [6, 6.07) is 14.2. The lowest BCUT2D eigenvalue weighted by atomic mass is 9.95. The number of hydrogen-bond acceptors (Lipinski definition) is 4. The van der Waals surface area contributed by atoms with Gasteiger partial charge in [-0.2, -0.15) is 0 Å². The van der Waals surface area contributed by atoms with Gasteiger partial charge in [-0.05, 0) is 11.6 Å². The van der Waals surface area contributed by atoms with Crippen LogP contribution in [0.2, 0.25) is 0 Å². The standard InChI is InChI=1S/C18H15N3O3/c22-18(14-7-3-4-8-15(14)21(23)24)9-16-12-5-1-2-6-13(12)17-10-19-11-20(16)17/h1-8,10-11,16,18,22H,9H2. The average Bonchev–Trinajstić information content (AvgIpc) is 3.18. The molecule has 2 unspecified atom stereocenters. The molecule has 2 aromatic carbocycles. The van der Waals surface area contributed by atoms with E-state index in [1.165, 1.54) is 6.07 Å². The van der Waals surface area contributed by atoms with E-state index in [2.05, 4.69) is 4.98 Å². The van der Waals surface area contributed by atoms with E-state index in [0.29, 0.717) is 12.0 Å². The Morgan fingerprint density at radius 3 is 2.79 bits per heavy atom. The van der Waals surface area contributed by atoms with Gasteiger partial charge in [0.15, 0.2) is 0 Å². The number of para-hydroxylation sites is 1. The van der Waals surface area contributed by atoms with Crippen LogP contribution in [-0.2, 0) is 0 Å². The normalized spacial score (nSPS) is 16.5. The Bertz CT molecular complexity index is 919. The predicted molar refractivity (Wildman–Crippen MR) is 88.5 cm³/mol. The van der Waals surface area contributed by atoms with E-state index in [9.17, 15) is 15.2 Å². The van der Waals surface area contributed by atoms with Crippen LogP contribution in [0, 0.1) is 10.1 Å². The van der Waals surface area contributed by atoms with Crippen LogP contribution in [0.1, 0.15) is 29.7 Å². The fourth-order valence-electron chi connectivity index (χ4n) is 3.45. The summed E-state index contributed by atoms with van der Waals surface area (Å²) in [5, 5.41) is 21.9. The maximum atomic E-state index is 11.2. The largest absolute Gasteiger partial charge is 0.388 e. The molecule has 0 amide bonds. The van der Waals surface area contributed by atoms with Crippen molar-refractivity contribution in [2.45, 2.75) is 18.6 Å². The molecule has 1 aromatic heterocycles. The molecule has 2 atom stereocenters. The summed E-state index contributed by atoms with van der Waals surface area (Å²) in [6.07, 6.45) is 2.96. The van der Waals surface area contributed by atoms with Crippen molar-refractivity contribution in [2.75, 3.05) is 0 Å². The van der Waals surface area contributed by atoms with Crippen molar-refractivity contribution in [2.24, 2.45) is 0 Å². The lowest BCUT2D eigenvalue weighted by Gasteiger charge is -2.19. The van der Waals surface area contributed by atoms with E-state index < -0.39 is 11.0 Å². The third kappa shape index (κ3) is 2.19. The van der Waals surface area contributed by atoms with E-state index in [1.54, 1.807) is 30.7 Å². The second-order valence-corrected chi connectivity index (χ2v) is 5.86. The number of imidazole rings is 1. The first-order valence-corrected chi connectivity index (χ1v) is 7.69. The molecule has 3 aromatic rings. The topological polar surface area (TPSA) is 81.2 Å². The average molecular weight is 321 g/mol. The van der Waals surface area contributed by atoms with E-state index in [4.69, 9.17) is 0 Å². The van der Waals surface area contributed by atoms with Crippen molar-refractivity contribution in [1.82, 2.24) is 9.55 Å². The molecule has 0 radical (unpaired) electrons. The summed E-state index contributed by atoms with van der Waals surface area (Å²) < 4.78 is 2.02. The Kier molecular flexibility index (Phi) is 3.39. The number of nitro benzene ring substituents is 1. The van der Waals surface area contributed by atoms with Gasteiger partial charge in [0, 0.05) is 18.1 Å². The molecule has 1 aliphatic rings. The lowest BCUT2D eigenvalue weighted by Crippen LogP contribution is -2.11. The third-order valence-electron chi connectivity index (χ3n) is 4.54. The zero-order chi connectivity index (χ0) is 16.7. The quantitative estimate of drug-likeness (QED) is 0.589. The number of aliphatic hydroxyl groups excluding tert-OH is 1. The predicted octanol–water partition coefficient (Wildman–Crippen LogP) is 3.48. The zero-order valence-electron chi connectivity index (χ0n) is 12.7. The van der Waals surface area contributed by atoms with Crippen molar-refractivity contribution >= 4 is 5.69 Å². The maximum absolute atomic E-state index is 11.2. The summed E-state index contributed by atoms with van der Waals surface area (Å²) in [5.74, 6) is 0. The Morgan fingerprint density at radius 2 is 1.96 bits per heavy atom. The SMILES string of the molecule is O=[N+]([O-])c1ccccc1C(O)CC1c2ccccc2-c2cncn21. The Hall–Kier alpha value is -2.99. The second kappa shape index (κ2) is 5.58. The molecule has 1 aliphatic heterocycles. The van der Waals surface area contributed by atoms with Gasteiger partial charge < -0.3 is 9.67 Å². The van der Waals surface area contributed by atoms with Crippen LogP contribution in [0.25, 0.3) is 11.3 Å². The minimum absolute atomic E-state index is 0.0536. The van der Waals surface area contributed by atoms with Crippen molar-refractivity contribution < 1.29 is 10.0 Å². The van der Waals surface area contributed by atoms with Crippen LogP contribution in [0.5, 0.6) is 0 Å². The summed E-state index contributed by atoms with van der Waals surface area (Å²) in [6.45, 7) is 0. The molecular weight excluding hydrogens is 306 g/mol. The Labute approximate surface area is 138 Å². The van der Waals surface area contributed by atoms with Crippen LogP contribution >= 0.6 is 0 Å². The molecular formula is C18H15N3O3. The molecule has 6 nitrogen and oxygen atoms in total. The summed E-state index contributed by atoms with van der Waals surface area (Å²) >= 11 is 0. The molecule has 0 fully saturated rings. The van der Waals surface area contributed by atoms with Gasteiger partial charge in [-0.25, -0.2) is 4.98 Å². The van der Waals surface area contributed by atoms with Crippen LogP contribution in [0.15, 0.2) is 61.1 Å². The molecule has 2 heterocycles. The number of benzene rings is 2. The Balaban J connectivity index is 1.71. The van der Waals surface area contributed by atoms with Crippen LogP contribution < -0.4 is 0 Å². The molecule has 120 valence electrons. The van der Waals surface area contributed by atoms with Gasteiger partial charge in [0.1, 0.15) is 0 Å². The lowest BCUT2D eigenvalue weighted by molar-refractivity contribution is -0.386. The molecule has 0 saturated heterocycles. The Morgan fingerprint density at radius 1 is 1.21 bits per heavy atom. The first kappa shape index (κ1) is 14.6. The fourth-order valence-corrected chi connectivity index (χ4v) is 3.45. The van der Waals surface area contributed by atoms with Crippen molar-refractivity contribution in [3.63, 3.8) is 0 Å². The van der Waals surface area contributed by atoms with Crippen LogP contribution in [0.3, 0.4) is 0 Å². The minimum Gasteiger partial charge on any atom is -0.388 e.